The molecular weight excluding hydrogens is 967 g/mol. The zero-order valence-corrected chi connectivity index (χ0v) is 41.8. The van der Waals surface area contributed by atoms with Crippen molar-refractivity contribution in [2.45, 2.75) is 103 Å². The third kappa shape index (κ3) is 17.0. The number of nitrogens with one attached hydrogen (secondary N) is 5. The molecule has 394 valence electrons. The Balaban J connectivity index is 1.30. The molecule has 0 aliphatic heterocycles. The number of carboxylic acids is 3. The van der Waals surface area contributed by atoms with Crippen LogP contribution in [0.5, 0.6) is 0 Å². The van der Waals surface area contributed by atoms with Crippen molar-refractivity contribution in [1.82, 2.24) is 41.6 Å². The highest BCUT2D eigenvalue weighted by Crippen LogP contribution is 2.37. The number of carbonyl (C=O) groups is 9. The van der Waals surface area contributed by atoms with Gasteiger partial charge in [0.15, 0.2) is 0 Å². The summed E-state index contributed by atoms with van der Waals surface area (Å²) in [4.78, 5) is 113. The van der Waals surface area contributed by atoms with E-state index in [1.165, 1.54) is 24.1 Å². The lowest BCUT2D eigenvalue weighted by Gasteiger charge is -2.28. The molecule has 0 bridgehead atoms. The number of primary amides is 1. The van der Waals surface area contributed by atoms with Crippen LogP contribution in [0.25, 0.3) is 11.1 Å². The molecule has 0 saturated carbocycles. The Morgan fingerprint density at radius 3 is 1.47 bits per heavy atom. The second-order valence-electron chi connectivity index (χ2n) is 18.0. The van der Waals surface area contributed by atoms with E-state index < -0.39 is 115 Å². The van der Waals surface area contributed by atoms with Gasteiger partial charge >= 0.3 is 17.9 Å². The van der Waals surface area contributed by atoms with Gasteiger partial charge in [-0.3, -0.25) is 43.2 Å². The number of hydrogen-bond acceptors (Lipinski definition) is 11. The molecule has 1 aromatic heterocycles. The average Bonchev–Trinajstić information content (AvgIpc) is 3.81. The fraction of sp³-hybridized carbons (Fsp3) is 0.315. The molecule has 0 spiro atoms. The number of rotatable bonds is 27. The van der Waals surface area contributed by atoms with E-state index in [0.717, 1.165) is 52.3 Å². The third-order valence-corrected chi connectivity index (χ3v) is 11.9. The van der Waals surface area contributed by atoms with Gasteiger partial charge in [-0.05, 0) is 63.3 Å². The summed E-state index contributed by atoms with van der Waals surface area (Å²) in [6.45, 7) is 6.39. The summed E-state index contributed by atoms with van der Waals surface area (Å²) in [5.74, 6) is -11.3. The molecule has 0 fully saturated rings. The second kappa shape index (κ2) is 27.2. The average molecular weight is 1030 g/mol. The molecule has 5 aromatic rings. The Morgan fingerprint density at radius 2 is 1.01 bits per heavy atom. The molecule has 10 N–H and O–H groups in total. The molecule has 0 aliphatic carbocycles. The van der Waals surface area contributed by atoms with Crippen LogP contribution in [0.4, 0.5) is 0 Å². The SMILES string of the molecule is CCc1ccc(/C(=C(/c2ccccc2)c2ccc(Cn3cc(C[C@@H](NC(=O)[C@@H](CC(=O)O)NC(=O)[C@H](NC(=O)[C@@H](CCC(=O)O)NC(=O)[C@@H](CC(=O)O)NC(C)=O)C(C)C)C(N)=O)nn3)cc2)c2ccccc2)cc1. The Morgan fingerprint density at radius 1 is 0.560 bits per heavy atom. The predicted octanol–water partition coefficient (Wildman–Crippen LogP) is 2.84. The normalized spacial score (nSPS) is 13.4. The molecule has 1 heterocycles. The summed E-state index contributed by atoms with van der Waals surface area (Å²) in [5, 5.41) is 48.0. The molecule has 0 saturated heterocycles. The number of aromatic nitrogens is 3. The standard InChI is InChI=1S/C54H61N9O12/c1-5-33-16-20-37(21-17-33)47(35-12-8-6-9-13-35)48(36-14-10-7-11-15-36)38-22-18-34(19-23-38)29-63-30-39(61-62-63)26-41(50(55)71)58-53(74)43(28-46(69)70)59-54(75)49(31(2)3)60-51(72)40(24-25-44(65)66)57-52(73)42(27-45(67)68)56-32(4)64/h6-23,30-31,40-43,49H,5,24-29H2,1-4H3,(H2,55,71)(H,56,64)(H,57,73)(H,58,74)(H,59,75)(H,60,72)(H,65,66)(H,67,68)(H,69,70)/b48-47-/t40-,41-,42-,43-,49-/m1/s1. The first kappa shape index (κ1) is 56.9. The lowest BCUT2D eigenvalue weighted by molar-refractivity contribution is -0.142. The van der Waals surface area contributed by atoms with Crippen LogP contribution in [0.3, 0.4) is 0 Å². The van der Waals surface area contributed by atoms with Crippen molar-refractivity contribution in [2.75, 3.05) is 0 Å². The molecule has 4 aromatic carbocycles. The number of nitrogens with two attached hydrogens (primary N) is 1. The molecule has 0 aliphatic rings. The van der Waals surface area contributed by atoms with Crippen LogP contribution < -0.4 is 32.3 Å². The van der Waals surface area contributed by atoms with Gasteiger partial charge in [-0.15, -0.1) is 5.10 Å². The Bertz CT molecular complexity index is 2850. The highest BCUT2D eigenvalue weighted by molar-refractivity contribution is 6.04. The van der Waals surface area contributed by atoms with Crippen molar-refractivity contribution in [3.8, 4) is 0 Å². The summed E-state index contributed by atoms with van der Waals surface area (Å²) in [6.07, 6.45) is -0.850. The van der Waals surface area contributed by atoms with Gasteiger partial charge in [0, 0.05) is 26.0 Å². The molecule has 21 heteroatoms. The lowest BCUT2D eigenvalue weighted by atomic mass is 9.85. The van der Waals surface area contributed by atoms with Gasteiger partial charge in [-0.1, -0.05) is 135 Å². The van der Waals surface area contributed by atoms with E-state index in [4.69, 9.17) is 5.73 Å². The number of carbonyl (C=O) groups excluding carboxylic acids is 6. The molecular formula is C54H61N9O12. The van der Waals surface area contributed by atoms with E-state index in [0.29, 0.717) is 0 Å². The maximum atomic E-state index is 13.7. The third-order valence-electron chi connectivity index (χ3n) is 11.9. The zero-order chi connectivity index (χ0) is 54.8. The highest BCUT2D eigenvalue weighted by atomic mass is 16.4. The summed E-state index contributed by atoms with van der Waals surface area (Å²) in [7, 11) is 0. The van der Waals surface area contributed by atoms with Crippen LogP contribution in [-0.2, 0) is 62.5 Å². The minimum atomic E-state index is -1.83. The lowest BCUT2D eigenvalue weighted by Crippen LogP contribution is -2.60. The maximum Gasteiger partial charge on any atom is 0.305 e. The number of aliphatic carboxylic acids is 3. The minimum Gasteiger partial charge on any atom is -0.481 e. The highest BCUT2D eigenvalue weighted by Gasteiger charge is 2.35. The largest absolute Gasteiger partial charge is 0.481 e. The Hall–Kier alpha value is -9.01. The Kier molecular flexibility index (Phi) is 20.6. The maximum absolute atomic E-state index is 13.7. The molecule has 5 rings (SSSR count). The fourth-order valence-corrected chi connectivity index (χ4v) is 8.08. The quantitative estimate of drug-likeness (QED) is 0.0342. The van der Waals surface area contributed by atoms with Gasteiger partial charge < -0.3 is 47.6 Å². The summed E-state index contributed by atoms with van der Waals surface area (Å²) in [5.41, 5.74) is 14.2. The zero-order valence-electron chi connectivity index (χ0n) is 41.8. The van der Waals surface area contributed by atoms with Gasteiger partial charge in [0.05, 0.1) is 25.1 Å². The molecule has 0 unspecified atom stereocenters. The monoisotopic (exact) mass is 1030 g/mol. The van der Waals surface area contributed by atoms with Crippen LogP contribution in [0, 0.1) is 5.92 Å². The van der Waals surface area contributed by atoms with Crippen molar-refractivity contribution in [3.05, 3.63) is 154 Å². The first-order valence-electron chi connectivity index (χ1n) is 24.1. The van der Waals surface area contributed by atoms with Gasteiger partial charge in [-0.2, -0.15) is 0 Å². The van der Waals surface area contributed by atoms with Crippen LogP contribution in [0.2, 0.25) is 0 Å². The predicted molar refractivity (Wildman–Crippen MR) is 274 cm³/mol. The van der Waals surface area contributed by atoms with Crippen molar-refractivity contribution >= 4 is 64.5 Å². The van der Waals surface area contributed by atoms with E-state index in [9.17, 15) is 58.5 Å². The number of nitrogens with zero attached hydrogens (tertiary/aromatic N) is 3. The van der Waals surface area contributed by atoms with E-state index in [-0.39, 0.29) is 18.7 Å². The topological polar surface area (TPSA) is 331 Å². The number of aryl methyl sites for hydroxylation is 1. The number of carboxylic acid groups (broad SMARTS) is 3. The number of hydrogen-bond donors (Lipinski definition) is 9. The van der Waals surface area contributed by atoms with Crippen LogP contribution >= 0.6 is 0 Å². The van der Waals surface area contributed by atoms with Gasteiger partial charge in [0.1, 0.15) is 30.2 Å². The first-order chi connectivity index (χ1) is 35.7. The van der Waals surface area contributed by atoms with E-state index in [1.807, 2.05) is 60.7 Å². The van der Waals surface area contributed by atoms with Crippen LogP contribution in [-0.4, -0.2) is 114 Å². The first-order valence-corrected chi connectivity index (χ1v) is 24.1. The van der Waals surface area contributed by atoms with Crippen LogP contribution in [0.1, 0.15) is 92.5 Å². The van der Waals surface area contributed by atoms with E-state index >= 15 is 0 Å². The fourth-order valence-electron chi connectivity index (χ4n) is 8.08. The smallest absolute Gasteiger partial charge is 0.305 e. The molecule has 75 heavy (non-hydrogen) atoms. The van der Waals surface area contributed by atoms with Crippen molar-refractivity contribution in [3.63, 3.8) is 0 Å². The number of benzene rings is 4. The molecule has 21 nitrogen and oxygen atoms in total. The van der Waals surface area contributed by atoms with Crippen molar-refractivity contribution < 1.29 is 58.5 Å². The number of amides is 6. The van der Waals surface area contributed by atoms with E-state index in [1.54, 1.807) is 6.20 Å². The van der Waals surface area contributed by atoms with Gasteiger partial charge in [0.25, 0.3) is 0 Å². The second-order valence-corrected chi connectivity index (χ2v) is 18.0. The molecule has 0 radical (unpaired) electrons. The minimum absolute atomic E-state index is 0.240. The van der Waals surface area contributed by atoms with Gasteiger partial charge in [0.2, 0.25) is 35.4 Å². The molecule has 6 amide bonds. The summed E-state index contributed by atoms with van der Waals surface area (Å²) in [6, 6.07) is 28.9. The summed E-state index contributed by atoms with van der Waals surface area (Å²) < 4.78 is 1.53. The van der Waals surface area contributed by atoms with Gasteiger partial charge in [-0.25, -0.2) is 4.68 Å². The van der Waals surface area contributed by atoms with E-state index in [2.05, 4.69) is 92.4 Å². The summed E-state index contributed by atoms with van der Waals surface area (Å²) >= 11 is 0. The van der Waals surface area contributed by atoms with Crippen LogP contribution in [0.15, 0.2) is 115 Å². The molecule has 5 atom stereocenters. The van der Waals surface area contributed by atoms with Crippen molar-refractivity contribution in [1.29, 1.82) is 0 Å². The Labute approximate surface area is 432 Å². The van der Waals surface area contributed by atoms with Crippen molar-refractivity contribution in [2.24, 2.45) is 11.7 Å².